The van der Waals surface area contributed by atoms with Crippen molar-refractivity contribution in [2.24, 2.45) is 10.2 Å². The van der Waals surface area contributed by atoms with Crippen LogP contribution in [0.5, 0.6) is 0 Å². The summed E-state index contributed by atoms with van der Waals surface area (Å²) >= 11 is 0. The third-order valence-electron chi connectivity index (χ3n) is 1.37. The van der Waals surface area contributed by atoms with Crippen LogP contribution in [-0.4, -0.2) is 13.1 Å². The smallest absolute Gasteiger partial charge is 0.0598 e. The molecule has 2 heteroatoms. The van der Waals surface area contributed by atoms with Gasteiger partial charge in [0.15, 0.2) is 0 Å². The minimum atomic E-state index is 0.958. The molecule has 1 aliphatic rings. The molecule has 2 nitrogen and oxygen atoms in total. The van der Waals surface area contributed by atoms with Crippen molar-refractivity contribution in [1.82, 2.24) is 0 Å². The Morgan fingerprint density at radius 2 is 1.12 bits per heavy atom. The fourth-order valence-corrected chi connectivity index (χ4v) is 0.860. The average Bonchev–Trinajstić information content (AvgIpc) is 1.62. The lowest BCUT2D eigenvalue weighted by Gasteiger charge is -1.99. The zero-order chi connectivity index (χ0) is 5.66. The van der Waals surface area contributed by atoms with Gasteiger partial charge in [-0.25, -0.2) is 0 Å². The third-order valence-corrected chi connectivity index (χ3v) is 1.37. The van der Waals surface area contributed by atoms with E-state index in [0.717, 1.165) is 13.1 Å². The van der Waals surface area contributed by atoms with Gasteiger partial charge in [-0.2, -0.15) is 10.2 Å². The van der Waals surface area contributed by atoms with Crippen LogP contribution in [0.3, 0.4) is 0 Å². The van der Waals surface area contributed by atoms with Crippen LogP contribution in [0, 0.1) is 0 Å². The lowest BCUT2D eigenvalue weighted by molar-refractivity contribution is 0.602. The zero-order valence-electron chi connectivity index (χ0n) is 5.14. The summed E-state index contributed by atoms with van der Waals surface area (Å²) < 4.78 is 0. The highest BCUT2D eigenvalue weighted by atomic mass is 15.1. The van der Waals surface area contributed by atoms with Gasteiger partial charge in [-0.3, -0.25) is 0 Å². The van der Waals surface area contributed by atoms with Crippen LogP contribution in [0.1, 0.15) is 25.7 Å². The van der Waals surface area contributed by atoms with Crippen LogP contribution in [0.2, 0.25) is 0 Å². The number of hydrogen-bond acceptors (Lipinski definition) is 2. The maximum atomic E-state index is 3.96. The number of nitrogens with zero attached hydrogens (tertiary/aromatic N) is 2. The lowest BCUT2D eigenvalue weighted by Crippen LogP contribution is -1.88. The summed E-state index contributed by atoms with van der Waals surface area (Å²) in [4.78, 5) is 0. The molecule has 0 aromatic rings. The van der Waals surface area contributed by atoms with E-state index >= 15 is 0 Å². The molecule has 1 rings (SSSR count). The molecule has 1 heterocycles. The highest BCUT2D eigenvalue weighted by Crippen LogP contribution is 2.03. The first kappa shape index (κ1) is 5.73. The quantitative estimate of drug-likeness (QED) is 0.458. The second kappa shape index (κ2) is 3.58. The summed E-state index contributed by atoms with van der Waals surface area (Å²) in [6.45, 7) is 1.92. The zero-order valence-corrected chi connectivity index (χ0v) is 5.14. The highest BCUT2D eigenvalue weighted by Gasteiger charge is 1.91. The molecule has 0 amide bonds. The van der Waals surface area contributed by atoms with Crippen LogP contribution >= 0.6 is 0 Å². The van der Waals surface area contributed by atoms with Gasteiger partial charge in [0, 0.05) is 0 Å². The van der Waals surface area contributed by atoms with E-state index in [4.69, 9.17) is 0 Å². The molecule has 0 aliphatic carbocycles. The van der Waals surface area contributed by atoms with Gasteiger partial charge in [0.2, 0.25) is 0 Å². The van der Waals surface area contributed by atoms with Crippen LogP contribution < -0.4 is 0 Å². The number of hydrogen-bond donors (Lipinski definition) is 0. The minimum Gasteiger partial charge on any atom is -0.194 e. The molecular formula is C6H12N2. The van der Waals surface area contributed by atoms with Gasteiger partial charge in [0.05, 0.1) is 13.1 Å². The first-order valence-corrected chi connectivity index (χ1v) is 3.33. The van der Waals surface area contributed by atoms with Crippen LogP contribution in [0.15, 0.2) is 10.2 Å². The number of rotatable bonds is 0. The molecule has 0 bridgehead atoms. The predicted molar refractivity (Wildman–Crippen MR) is 33.1 cm³/mol. The molecule has 0 aromatic carbocycles. The summed E-state index contributed by atoms with van der Waals surface area (Å²) in [6, 6.07) is 0. The molecule has 46 valence electrons. The topological polar surface area (TPSA) is 24.7 Å². The minimum absolute atomic E-state index is 0.958. The van der Waals surface area contributed by atoms with Crippen molar-refractivity contribution in [3.8, 4) is 0 Å². The standard InChI is InChI=1S/C6H12N2/c1-2-4-6-8-7-5-3-1/h1-6H2/b8-7-. The molecule has 1 aliphatic heterocycles. The summed E-state index contributed by atoms with van der Waals surface area (Å²) in [5.74, 6) is 0. The van der Waals surface area contributed by atoms with Crippen molar-refractivity contribution < 1.29 is 0 Å². The van der Waals surface area contributed by atoms with Gasteiger partial charge in [0.1, 0.15) is 0 Å². The Hall–Kier alpha value is -0.400. The van der Waals surface area contributed by atoms with Crippen molar-refractivity contribution in [2.45, 2.75) is 25.7 Å². The van der Waals surface area contributed by atoms with E-state index in [2.05, 4.69) is 10.2 Å². The maximum absolute atomic E-state index is 3.96. The van der Waals surface area contributed by atoms with Crippen LogP contribution in [0.25, 0.3) is 0 Å². The summed E-state index contributed by atoms with van der Waals surface area (Å²) in [7, 11) is 0. The molecule has 0 unspecified atom stereocenters. The van der Waals surface area contributed by atoms with E-state index < -0.39 is 0 Å². The fraction of sp³-hybridized carbons (Fsp3) is 1.00. The predicted octanol–water partition coefficient (Wildman–Crippen LogP) is 2.01. The van der Waals surface area contributed by atoms with Gasteiger partial charge >= 0.3 is 0 Å². The van der Waals surface area contributed by atoms with Crippen LogP contribution in [-0.2, 0) is 0 Å². The van der Waals surface area contributed by atoms with Crippen LogP contribution in [0.4, 0.5) is 0 Å². The Balaban J connectivity index is 2.17. The Morgan fingerprint density at radius 1 is 0.625 bits per heavy atom. The van der Waals surface area contributed by atoms with Crippen molar-refractivity contribution in [3.63, 3.8) is 0 Å². The molecule has 0 saturated heterocycles. The summed E-state index contributed by atoms with van der Waals surface area (Å²) in [6.07, 6.45) is 5.17. The molecular weight excluding hydrogens is 100 g/mol. The Bertz CT molecular complexity index is 68.6. The van der Waals surface area contributed by atoms with Gasteiger partial charge in [-0.15, -0.1) is 0 Å². The van der Waals surface area contributed by atoms with Gasteiger partial charge in [0.25, 0.3) is 0 Å². The molecule has 0 radical (unpaired) electrons. The van der Waals surface area contributed by atoms with Crippen molar-refractivity contribution in [3.05, 3.63) is 0 Å². The van der Waals surface area contributed by atoms with Crippen molar-refractivity contribution in [1.29, 1.82) is 0 Å². The molecule has 0 N–H and O–H groups in total. The normalized spacial score (nSPS) is 26.0. The Labute approximate surface area is 50.0 Å². The largest absolute Gasteiger partial charge is 0.194 e. The van der Waals surface area contributed by atoms with Crippen molar-refractivity contribution >= 4 is 0 Å². The van der Waals surface area contributed by atoms with Gasteiger partial charge < -0.3 is 0 Å². The monoisotopic (exact) mass is 112 g/mol. The second-order valence-electron chi connectivity index (χ2n) is 2.14. The number of azo groups is 1. The third kappa shape index (κ3) is 2.05. The molecule has 0 atom stereocenters. The lowest BCUT2D eigenvalue weighted by atomic mass is 10.2. The molecule has 0 spiro atoms. The van der Waals surface area contributed by atoms with Gasteiger partial charge in [-0.05, 0) is 12.8 Å². The van der Waals surface area contributed by atoms with E-state index in [1.54, 1.807) is 0 Å². The Morgan fingerprint density at radius 3 is 1.62 bits per heavy atom. The molecule has 0 saturated carbocycles. The van der Waals surface area contributed by atoms with E-state index in [1.165, 1.54) is 25.7 Å². The Kier molecular flexibility index (Phi) is 2.57. The van der Waals surface area contributed by atoms with E-state index in [0.29, 0.717) is 0 Å². The van der Waals surface area contributed by atoms with E-state index in [1.807, 2.05) is 0 Å². The molecule has 0 aromatic heterocycles. The maximum Gasteiger partial charge on any atom is 0.0598 e. The van der Waals surface area contributed by atoms with E-state index in [9.17, 15) is 0 Å². The molecule has 8 heavy (non-hydrogen) atoms. The fourth-order valence-electron chi connectivity index (χ4n) is 0.860. The van der Waals surface area contributed by atoms with E-state index in [-0.39, 0.29) is 0 Å². The summed E-state index contributed by atoms with van der Waals surface area (Å²) in [5.41, 5.74) is 0. The highest BCUT2D eigenvalue weighted by molar-refractivity contribution is 4.50. The first-order valence-electron chi connectivity index (χ1n) is 3.33. The summed E-state index contributed by atoms with van der Waals surface area (Å²) in [5, 5.41) is 7.91. The van der Waals surface area contributed by atoms with Crippen molar-refractivity contribution in [2.75, 3.05) is 13.1 Å². The van der Waals surface area contributed by atoms with Gasteiger partial charge in [-0.1, -0.05) is 12.8 Å². The first-order chi connectivity index (χ1) is 4.00. The second-order valence-corrected chi connectivity index (χ2v) is 2.14. The molecule has 0 fully saturated rings. The average molecular weight is 112 g/mol. The SMILES string of the molecule is C1CCC/N=N\CC1.